The van der Waals surface area contributed by atoms with Crippen LogP contribution in [-0.2, 0) is 11.0 Å². The molecule has 0 saturated carbocycles. The molecule has 0 atom stereocenters. The number of hydrogen-bond donors (Lipinski definition) is 1. The minimum Gasteiger partial charge on any atom is -0.478 e. The molecule has 4 nitrogen and oxygen atoms in total. The lowest BCUT2D eigenvalue weighted by atomic mass is 10.2. The number of aliphatic carboxylic acids is 1. The molecule has 0 radical (unpaired) electrons. The highest BCUT2D eigenvalue weighted by Crippen LogP contribution is 2.30. The van der Waals surface area contributed by atoms with Crippen LogP contribution in [0.3, 0.4) is 0 Å². The third kappa shape index (κ3) is 3.12. The number of carboxylic acids is 1. The number of aromatic nitrogens is 2. The predicted molar refractivity (Wildman–Crippen MR) is 58.9 cm³/mol. The van der Waals surface area contributed by atoms with Crippen molar-refractivity contribution in [3.8, 4) is 0 Å². The van der Waals surface area contributed by atoms with Crippen LogP contribution in [0.5, 0.6) is 0 Å². The van der Waals surface area contributed by atoms with Crippen LogP contribution >= 0.6 is 0 Å². The lowest BCUT2D eigenvalue weighted by Gasteiger charge is -2.08. The maximum atomic E-state index is 12.5. The van der Waals surface area contributed by atoms with Crippen LogP contribution in [0.25, 0.3) is 6.08 Å². The van der Waals surface area contributed by atoms with Gasteiger partial charge in [0.25, 0.3) is 0 Å². The second-order valence-corrected chi connectivity index (χ2v) is 4.12. The first-order valence-electron chi connectivity index (χ1n) is 5.21. The molecule has 1 rings (SSSR count). The first-order valence-corrected chi connectivity index (χ1v) is 5.21. The maximum absolute atomic E-state index is 12.5. The highest BCUT2D eigenvalue weighted by atomic mass is 19.4. The zero-order valence-electron chi connectivity index (χ0n) is 10.1. The van der Waals surface area contributed by atoms with E-state index in [1.54, 1.807) is 13.8 Å². The topological polar surface area (TPSA) is 55.1 Å². The van der Waals surface area contributed by atoms with Gasteiger partial charge in [0.15, 0.2) is 5.69 Å². The van der Waals surface area contributed by atoms with Crippen molar-refractivity contribution in [1.29, 1.82) is 0 Å². The quantitative estimate of drug-likeness (QED) is 0.852. The van der Waals surface area contributed by atoms with Gasteiger partial charge in [0.1, 0.15) is 0 Å². The fourth-order valence-corrected chi connectivity index (χ4v) is 1.35. The van der Waals surface area contributed by atoms with Gasteiger partial charge in [-0.15, -0.1) is 0 Å². The van der Waals surface area contributed by atoms with Gasteiger partial charge >= 0.3 is 12.1 Å². The first-order chi connectivity index (χ1) is 8.12. The van der Waals surface area contributed by atoms with Crippen LogP contribution in [0.1, 0.15) is 38.2 Å². The average Bonchev–Trinajstić information content (AvgIpc) is 2.60. The van der Waals surface area contributed by atoms with Crippen molar-refractivity contribution in [2.45, 2.75) is 33.0 Å². The molecule has 1 N–H and O–H groups in total. The Morgan fingerprint density at radius 1 is 1.50 bits per heavy atom. The van der Waals surface area contributed by atoms with Crippen LogP contribution in [-0.4, -0.2) is 20.9 Å². The van der Waals surface area contributed by atoms with Crippen molar-refractivity contribution in [3.05, 3.63) is 23.0 Å². The van der Waals surface area contributed by atoms with Crippen LogP contribution in [0.4, 0.5) is 13.2 Å². The zero-order chi connectivity index (χ0) is 14.1. The number of halogens is 3. The van der Waals surface area contributed by atoms with Crippen LogP contribution in [0.2, 0.25) is 0 Å². The van der Waals surface area contributed by atoms with Crippen molar-refractivity contribution < 1.29 is 23.1 Å². The Bertz CT molecular complexity index is 487. The molecular formula is C11H13F3N2O2. The summed E-state index contributed by atoms with van der Waals surface area (Å²) in [5, 5.41) is 12.2. The van der Waals surface area contributed by atoms with Gasteiger partial charge < -0.3 is 5.11 Å². The number of carbonyl (C=O) groups is 1. The van der Waals surface area contributed by atoms with Crippen LogP contribution in [0.15, 0.2) is 11.6 Å². The summed E-state index contributed by atoms with van der Waals surface area (Å²) in [4.78, 5) is 10.7. The van der Waals surface area contributed by atoms with E-state index in [4.69, 9.17) is 5.11 Å². The number of hydrogen-bond acceptors (Lipinski definition) is 2. The van der Waals surface area contributed by atoms with Crippen molar-refractivity contribution in [2.24, 2.45) is 0 Å². The largest absolute Gasteiger partial charge is 0.478 e. The molecule has 1 aromatic heterocycles. The van der Waals surface area contributed by atoms with Gasteiger partial charge in [-0.3, -0.25) is 4.68 Å². The average molecular weight is 262 g/mol. The third-order valence-corrected chi connectivity index (χ3v) is 2.25. The molecular weight excluding hydrogens is 249 g/mol. The summed E-state index contributed by atoms with van der Waals surface area (Å²) in [7, 11) is 0. The van der Waals surface area contributed by atoms with Gasteiger partial charge in [0.05, 0.1) is 5.69 Å². The smallest absolute Gasteiger partial charge is 0.435 e. The lowest BCUT2D eigenvalue weighted by Crippen LogP contribution is -2.10. The molecule has 0 spiro atoms. The number of alkyl halides is 3. The van der Waals surface area contributed by atoms with E-state index in [9.17, 15) is 18.0 Å². The van der Waals surface area contributed by atoms with E-state index in [0.29, 0.717) is 0 Å². The van der Waals surface area contributed by atoms with E-state index >= 15 is 0 Å². The lowest BCUT2D eigenvalue weighted by molar-refractivity contribution is -0.141. The van der Waals surface area contributed by atoms with Gasteiger partial charge in [-0.05, 0) is 32.9 Å². The highest BCUT2D eigenvalue weighted by Gasteiger charge is 2.35. The fourth-order valence-electron chi connectivity index (χ4n) is 1.35. The van der Waals surface area contributed by atoms with Crippen molar-refractivity contribution in [1.82, 2.24) is 9.78 Å². The first kappa shape index (κ1) is 14.3. The van der Waals surface area contributed by atoms with Gasteiger partial charge in [-0.2, -0.15) is 18.3 Å². The summed E-state index contributed by atoms with van der Waals surface area (Å²) in [6.45, 7) is 4.65. The van der Waals surface area contributed by atoms with Gasteiger partial charge in [0, 0.05) is 11.6 Å². The van der Waals surface area contributed by atoms with Crippen molar-refractivity contribution in [2.75, 3.05) is 0 Å². The molecule has 18 heavy (non-hydrogen) atoms. The summed E-state index contributed by atoms with van der Waals surface area (Å²) >= 11 is 0. The minimum absolute atomic E-state index is 0.0504. The van der Waals surface area contributed by atoms with E-state index < -0.39 is 17.8 Å². The Kier molecular flexibility index (Phi) is 3.83. The van der Waals surface area contributed by atoms with Crippen molar-refractivity contribution in [3.63, 3.8) is 0 Å². The van der Waals surface area contributed by atoms with Crippen LogP contribution in [0, 0.1) is 0 Å². The second kappa shape index (κ2) is 4.83. The van der Waals surface area contributed by atoms with E-state index in [1.807, 2.05) is 0 Å². The number of nitrogens with zero attached hydrogens (tertiary/aromatic N) is 2. The summed E-state index contributed by atoms with van der Waals surface area (Å²) in [5.41, 5.74) is -0.955. The van der Waals surface area contributed by atoms with Gasteiger partial charge in [0.2, 0.25) is 0 Å². The summed E-state index contributed by atoms with van der Waals surface area (Å²) in [5.74, 6) is -1.18. The van der Waals surface area contributed by atoms with E-state index in [-0.39, 0.29) is 17.3 Å². The molecule has 0 aliphatic rings. The van der Waals surface area contributed by atoms with Gasteiger partial charge in [-0.1, -0.05) is 0 Å². The molecule has 0 aliphatic heterocycles. The Morgan fingerprint density at radius 2 is 2.06 bits per heavy atom. The molecule has 0 amide bonds. The highest BCUT2D eigenvalue weighted by molar-refractivity contribution is 5.91. The zero-order valence-corrected chi connectivity index (χ0v) is 10.1. The Hall–Kier alpha value is -1.79. The molecule has 1 aromatic rings. The maximum Gasteiger partial charge on any atom is 0.435 e. The minimum atomic E-state index is -4.54. The molecule has 0 aliphatic carbocycles. The molecule has 0 unspecified atom stereocenters. The molecule has 0 saturated heterocycles. The van der Waals surface area contributed by atoms with E-state index in [0.717, 1.165) is 10.7 Å². The van der Waals surface area contributed by atoms with E-state index in [2.05, 4.69) is 5.10 Å². The van der Waals surface area contributed by atoms with Gasteiger partial charge in [-0.25, -0.2) is 4.79 Å². The normalized spacial score (nSPS) is 13.2. The second-order valence-electron chi connectivity index (χ2n) is 4.12. The molecule has 1 heterocycles. The van der Waals surface area contributed by atoms with E-state index in [1.165, 1.54) is 13.0 Å². The molecule has 7 heteroatoms. The summed E-state index contributed by atoms with van der Waals surface area (Å²) in [6.07, 6.45) is -3.37. The van der Waals surface area contributed by atoms with Crippen molar-refractivity contribution >= 4 is 12.0 Å². The number of carboxylic acid groups (broad SMARTS) is 1. The Morgan fingerprint density at radius 3 is 2.44 bits per heavy atom. The molecule has 100 valence electrons. The summed E-state index contributed by atoms with van der Waals surface area (Å²) in [6, 6.07) is 0.542. The SMILES string of the molecule is CC(=Cc1cc(C(F)(F)F)nn1C(C)C)C(=O)O. The fraction of sp³-hybridized carbons (Fsp3) is 0.455. The number of rotatable bonds is 3. The molecule has 0 aromatic carbocycles. The molecule has 0 fully saturated rings. The Balaban J connectivity index is 3.30. The monoisotopic (exact) mass is 262 g/mol. The predicted octanol–water partition coefficient (Wildman–Crippen LogP) is 2.97. The third-order valence-electron chi connectivity index (χ3n) is 2.25. The molecule has 0 bridgehead atoms. The Labute approximate surface area is 102 Å². The summed E-state index contributed by atoms with van der Waals surface area (Å²) < 4.78 is 38.7. The standard InChI is InChI=1S/C11H13F3N2O2/c1-6(2)16-8(4-7(3)10(17)18)5-9(15-16)11(12,13)14/h4-6H,1-3H3,(H,17,18). The van der Waals surface area contributed by atoms with Crippen LogP contribution < -0.4 is 0 Å².